The van der Waals surface area contributed by atoms with Gasteiger partial charge in [-0.2, -0.15) is 0 Å². The van der Waals surface area contributed by atoms with Gasteiger partial charge in [-0.25, -0.2) is 9.97 Å². The van der Waals surface area contributed by atoms with Crippen molar-refractivity contribution < 1.29 is 4.92 Å². The smallest absolute Gasteiger partial charge is 0.353 e. The lowest BCUT2D eigenvalue weighted by atomic mass is 10.0. The molecule has 0 aromatic carbocycles. The van der Waals surface area contributed by atoms with Crippen LogP contribution in [-0.2, 0) is 0 Å². The van der Waals surface area contributed by atoms with Crippen molar-refractivity contribution in [2.24, 2.45) is 0 Å². The summed E-state index contributed by atoms with van der Waals surface area (Å²) < 4.78 is 0. The number of anilines is 2. The predicted octanol–water partition coefficient (Wildman–Crippen LogP) is 8.41. The number of nitrogens with zero attached hydrogens (tertiary/aromatic N) is 3. The van der Waals surface area contributed by atoms with Crippen molar-refractivity contribution in [1.82, 2.24) is 9.97 Å². The molecule has 2 rings (SSSR count). The molecule has 1 aliphatic rings. The molecule has 0 atom stereocenters. The van der Waals surface area contributed by atoms with Crippen molar-refractivity contribution in [2.45, 2.75) is 141 Å². The van der Waals surface area contributed by atoms with E-state index in [0.29, 0.717) is 18.2 Å². The zero-order valence-electron chi connectivity index (χ0n) is 21.7. The van der Waals surface area contributed by atoms with Gasteiger partial charge in [0.15, 0.2) is 0 Å². The second-order valence-electron chi connectivity index (χ2n) is 10.0. The summed E-state index contributed by atoms with van der Waals surface area (Å²) in [5.74, 6) is 0.696. The van der Waals surface area contributed by atoms with Crippen molar-refractivity contribution in [2.75, 3.05) is 17.2 Å². The average Bonchev–Trinajstić information content (AvgIpc) is 3.10. The van der Waals surface area contributed by atoms with Gasteiger partial charge in [-0.15, -0.1) is 0 Å². The van der Waals surface area contributed by atoms with E-state index in [0.717, 1.165) is 25.7 Å². The van der Waals surface area contributed by atoms with Crippen LogP contribution in [0.15, 0.2) is 6.33 Å². The highest BCUT2D eigenvalue weighted by Crippen LogP contribution is 2.31. The van der Waals surface area contributed by atoms with Gasteiger partial charge < -0.3 is 10.6 Å². The Hall–Kier alpha value is -1.92. The molecule has 194 valence electrons. The second-order valence-corrected chi connectivity index (χ2v) is 10.0. The molecule has 0 saturated heterocycles. The number of rotatable bonds is 19. The summed E-state index contributed by atoms with van der Waals surface area (Å²) >= 11 is 0. The third-order valence-electron chi connectivity index (χ3n) is 7.02. The highest BCUT2D eigenvalue weighted by atomic mass is 16.6. The van der Waals surface area contributed by atoms with Crippen molar-refractivity contribution in [1.29, 1.82) is 0 Å². The molecular formula is C27H49N5O2. The summed E-state index contributed by atoms with van der Waals surface area (Å²) in [6.07, 6.45) is 26.9. The molecule has 7 heteroatoms. The van der Waals surface area contributed by atoms with E-state index in [9.17, 15) is 10.1 Å². The van der Waals surface area contributed by atoms with Gasteiger partial charge in [-0.05, 0) is 19.3 Å². The molecule has 0 aliphatic heterocycles. The molecule has 7 nitrogen and oxygen atoms in total. The summed E-state index contributed by atoms with van der Waals surface area (Å²) in [6.45, 7) is 2.98. The molecule has 2 N–H and O–H groups in total. The van der Waals surface area contributed by atoms with E-state index in [2.05, 4.69) is 27.5 Å². The maximum absolute atomic E-state index is 11.8. The first-order chi connectivity index (χ1) is 16.7. The minimum atomic E-state index is -0.355. The van der Waals surface area contributed by atoms with Crippen LogP contribution in [0.25, 0.3) is 0 Å². The van der Waals surface area contributed by atoms with Crippen molar-refractivity contribution in [3.05, 3.63) is 16.4 Å². The number of nitrogens with one attached hydrogen (secondary N) is 2. The Morgan fingerprint density at radius 2 is 1.29 bits per heavy atom. The van der Waals surface area contributed by atoms with Crippen molar-refractivity contribution >= 4 is 17.3 Å². The van der Waals surface area contributed by atoms with Gasteiger partial charge in [-0.3, -0.25) is 10.1 Å². The SMILES string of the molecule is CCCCCCCCCCCCCCCCNc1ncnc(NC2CCCCCC2)c1[N+](=O)[O-]. The lowest BCUT2D eigenvalue weighted by molar-refractivity contribution is -0.383. The summed E-state index contributed by atoms with van der Waals surface area (Å²) in [7, 11) is 0. The Kier molecular flexibility index (Phi) is 15.3. The maximum atomic E-state index is 11.8. The van der Waals surface area contributed by atoms with E-state index in [1.165, 1.54) is 109 Å². The highest BCUT2D eigenvalue weighted by molar-refractivity contribution is 5.69. The van der Waals surface area contributed by atoms with Gasteiger partial charge in [0.1, 0.15) is 6.33 Å². The number of nitro groups is 1. The van der Waals surface area contributed by atoms with Crippen LogP contribution in [0.4, 0.5) is 17.3 Å². The minimum absolute atomic E-state index is 0.0166. The number of aromatic nitrogens is 2. The number of unbranched alkanes of at least 4 members (excludes halogenated alkanes) is 13. The quantitative estimate of drug-likeness (QED) is 0.0902. The first-order valence-electron chi connectivity index (χ1n) is 14.2. The van der Waals surface area contributed by atoms with Gasteiger partial charge in [-0.1, -0.05) is 116 Å². The number of hydrogen-bond acceptors (Lipinski definition) is 6. The van der Waals surface area contributed by atoms with Crippen LogP contribution >= 0.6 is 0 Å². The Morgan fingerprint density at radius 1 is 0.794 bits per heavy atom. The fraction of sp³-hybridized carbons (Fsp3) is 0.852. The zero-order chi connectivity index (χ0) is 24.3. The normalized spacial score (nSPS) is 14.6. The molecule has 1 aromatic heterocycles. The van der Waals surface area contributed by atoms with E-state index in [4.69, 9.17) is 0 Å². The molecule has 0 bridgehead atoms. The Morgan fingerprint density at radius 3 is 1.82 bits per heavy atom. The molecule has 0 spiro atoms. The molecular weight excluding hydrogens is 426 g/mol. The van der Waals surface area contributed by atoms with Crippen LogP contribution in [-0.4, -0.2) is 27.5 Å². The number of hydrogen-bond donors (Lipinski definition) is 2. The highest BCUT2D eigenvalue weighted by Gasteiger charge is 2.25. The first-order valence-corrected chi connectivity index (χ1v) is 14.2. The summed E-state index contributed by atoms with van der Waals surface area (Å²) in [4.78, 5) is 19.8. The minimum Gasteiger partial charge on any atom is -0.364 e. The summed E-state index contributed by atoms with van der Waals surface area (Å²) in [5.41, 5.74) is -0.0166. The molecule has 34 heavy (non-hydrogen) atoms. The molecule has 0 amide bonds. The van der Waals surface area contributed by atoms with E-state index in [1.54, 1.807) is 0 Å². The molecule has 1 aliphatic carbocycles. The largest absolute Gasteiger partial charge is 0.364 e. The second kappa shape index (κ2) is 18.4. The lowest BCUT2D eigenvalue weighted by Crippen LogP contribution is -2.20. The van der Waals surface area contributed by atoms with Crippen LogP contribution < -0.4 is 10.6 Å². The molecule has 1 aromatic rings. The van der Waals surface area contributed by atoms with Gasteiger partial charge in [0.25, 0.3) is 0 Å². The van der Waals surface area contributed by atoms with Gasteiger partial charge in [0.05, 0.1) is 4.92 Å². The van der Waals surface area contributed by atoms with Crippen LogP contribution in [0, 0.1) is 10.1 Å². The fourth-order valence-electron chi connectivity index (χ4n) is 4.93. The molecule has 1 saturated carbocycles. The van der Waals surface area contributed by atoms with Crippen molar-refractivity contribution in [3.8, 4) is 0 Å². The predicted molar refractivity (Wildman–Crippen MR) is 143 cm³/mol. The Labute approximate surface area is 207 Å². The Bertz CT molecular complexity index is 662. The third kappa shape index (κ3) is 12.0. The molecule has 1 fully saturated rings. The molecule has 0 radical (unpaired) electrons. The van der Waals surface area contributed by atoms with E-state index in [-0.39, 0.29) is 16.7 Å². The van der Waals surface area contributed by atoms with Crippen LogP contribution in [0.1, 0.15) is 135 Å². The standard InChI is InChI=1S/C27H49N5O2/c1-2-3-4-5-6-7-8-9-10-11-12-13-16-19-22-28-26-25(32(33)34)27(30-23-29-26)31-24-20-17-14-15-18-21-24/h23-24H,2-22H2,1H3,(H2,28,29,30,31). The molecule has 1 heterocycles. The van der Waals surface area contributed by atoms with Gasteiger partial charge >= 0.3 is 5.69 Å². The van der Waals surface area contributed by atoms with E-state index in [1.807, 2.05) is 0 Å². The summed E-state index contributed by atoms with van der Waals surface area (Å²) in [5, 5.41) is 18.3. The van der Waals surface area contributed by atoms with Crippen molar-refractivity contribution in [3.63, 3.8) is 0 Å². The first kappa shape index (κ1) is 28.3. The monoisotopic (exact) mass is 475 g/mol. The topological polar surface area (TPSA) is 93.0 Å². The van der Waals surface area contributed by atoms with Crippen LogP contribution in [0.2, 0.25) is 0 Å². The third-order valence-corrected chi connectivity index (χ3v) is 7.02. The van der Waals surface area contributed by atoms with Gasteiger partial charge in [0, 0.05) is 12.6 Å². The lowest BCUT2D eigenvalue weighted by Gasteiger charge is -2.17. The van der Waals surface area contributed by atoms with Crippen LogP contribution in [0.5, 0.6) is 0 Å². The average molecular weight is 476 g/mol. The Balaban J connectivity index is 1.58. The van der Waals surface area contributed by atoms with Crippen LogP contribution in [0.3, 0.4) is 0 Å². The zero-order valence-corrected chi connectivity index (χ0v) is 21.7. The van der Waals surface area contributed by atoms with E-state index >= 15 is 0 Å². The summed E-state index contributed by atoms with van der Waals surface area (Å²) in [6, 6.07) is 0.259. The van der Waals surface area contributed by atoms with E-state index < -0.39 is 0 Å². The maximum Gasteiger partial charge on any atom is 0.353 e. The molecule has 0 unspecified atom stereocenters. The van der Waals surface area contributed by atoms with Gasteiger partial charge in [0.2, 0.25) is 11.6 Å². The fourth-order valence-corrected chi connectivity index (χ4v) is 4.93.